The Morgan fingerprint density at radius 2 is 1.40 bits per heavy atom. The zero-order valence-electron chi connectivity index (χ0n) is 32.0. The zero-order valence-corrected chi connectivity index (χ0v) is 32.0. The summed E-state index contributed by atoms with van der Waals surface area (Å²) in [6.07, 6.45) is 3.83. The summed E-state index contributed by atoms with van der Waals surface area (Å²) in [5.74, 6) is 0.145. The van der Waals surface area contributed by atoms with Gasteiger partial charge in [0, 0.05) is 75.7 Å². The van der Waals surface area contributed by atoms with Gasteiger partial charge in [-0.3, -0.25) is 24.6 Å². The molecule has 0 aromatic heterocycles. The maximum Gasteiger partial charge on any atom is 0.255 e. The molecule has 0 radical (unpaired) electrons. The van der Waals surface area contributed by atoms with Crippen LogP contribution in [0.15, 0.2) is 97.1 Å². The minimum Gasteiger partial charge on any atom is -0.508 e. The van der Waals surface area contributed by atoms with Crippen LogP contribution in [0.1, 0.15) is 78.6 Å². The average Bonchev–Trinajstić information content (AvgIpc) is 3.56. The summed E-state index contributed by atoms with van der Waals surface area (Å²) in [5.41, 5.74) is 8.97. The smallest absolute Gasteiger partial charge is 0.255 e. The maximum absolute atomic E-state index is 13.4. The number of rotatable bonds is 9. The third-order valence-electron chi connectivity index (χ3n) is 12.4. The molecule has 4 aromatic rings. The van der Waals surface area contributed by atoms with Gasteiger partial charge in [0.1, 0.15) is 11.3 Å². The van der Waals surface area contributed by atoms with Crippen LogP contribution in [0.25, 0.3) is 11.1 Å². The molecule has 0 aliphatic carbocycles. The number of phenols is 1. The number of hydrogen-bond acceptors (Lipinski definition) is 7. The minimum atomic E-state index is -1.02. The number of carbonyl (C=O) groups is 3. The first kappa shape index (κ1) is 36.6. The van der Waals surface area contributed by atoms with Crippen LogP contribution in [-0.2, 0) is 16.1 Å². The van der Waals surface area contributed by atoms with E-state index in [1.165, 1.54) is 40.8 Å². The van der Waals surface area contributed by atoms with Gasteiger partial charge in [0.25, 0.3) is 11.8 Å². The highest BCUT2D eigenvalue weighted by atomic mass is 16.3. The van der Waals surface area contributed by atoms with Crippen LogP contribution in [0.5, 0.6) is 5.75 Å². The molecule has 1 atom stereocenters. The predicted molar refractivity (Wildman–Crippen MR) is 218 cm³/mol. The van der Waals surface area contributed by atoms with Crippen molar-refractivity contribution in [3.63, 3.8) is 0 Å². The average molecular weight is 738 g/mol. The van der Waals surface area contributed by atoms with Crippen LogP contribution in [-0.4, -0.2) is 84.0 Å². The van der Waals surface area contributed by atoms with Crippen LogP contribution in [0.3, 0.4) is 0 Å². The van der Waals surface area contributed by atoms with Gasteiger partial charge in [-0.05, 0) is 114 Å². The van der Waals surface area contributed by atoms with E-state index in [9.17, 15) is 19.5 Å². The number of hydrogen-bond donors (Lipinski definition) is 2. The van der Waals surface area contributed by atoms with Crippen LogP contribution < -0.4 is 15.1 Å². The lowest BCUT2D eigenvalue weighted by atomic mass is 9.88. The molecule has 4 aliphatic heterocycles. The van der Waals surface area contributed by atoms with Gasteiger partial charge in [-0.1, -0.05) is 61.5 Å². The first-order chi connectivity index (χ1) is 26.7. The number of aromatic hydroxyl groups is 1. The lowest BCUT2D eigenvalue weighted by Gasteiger charge is -2.40. The highest BCUT2D eigenvalue weighted by Gasteiger charge is 2.48. The third-order valence-corrected chi connectivity index (χ3v) is 12.4. The Balaban J connectivity index is 0.855. The molecule has 4 aliphatic rings. The van der Waals surface area contributed by atoms with E-state index >= 15 is 0 Å². The van der Waals surface area contributed by atoms with Gasteiger partial charge in [0.2, 0.25) is 5.91 Å². The van der Waals surface area contributed by atoms with E-state index in [1.807, 2.05) is 24.3 Å². The number of nitrogens with one attached hydrogen (secondary N) is 1. The summed E-state index contributed by atoms with van der Waals surface area (Å²) in [4.78, 5) is 47.1. The highest BCUT2D eigenvalue weighted by Crippen LogP contribution is 2.38. The van der Waals surface area contributed by atoms with Crippen molar-refractivity contribution >= 4 is 40.2 Å². The molecule has 3 saturated heterocycles. The van der Waals surface area contributed by atoms with E-state index in [0.29, 0.717) is 24.4 Å². The first-order valence-corrected chi connectivity index (χ1v) is 19.9. The Bertz CT molecular complexity index is 2080. The second-order valence-electron chi connectivity index (χ2n) is 15.8. The van der Waals surface area contributed by atoms with Crippen molar-refractivity contribution in [3.8, 4) is 5.75 Å². The van der Waals surface area contributed by atoms with Crippen molar-refractivity contribution in [2.45, 2.75) is 58.0 Å². The van der Waals surface area contributed by atoms with Crippen molar-refractivity contribution in [1.82, 2.24) is 15.1 Å². The fraction of sp³-hybridized carbons (Fsp3) is 0.370. The number of anilines is 2. The van der Waals surface area contributed by atoms with Gasteiger partial charge in [-0.25, -0.2) is 0 Å². The molecule has 4 aromatic carbocycles. The van der Waals surface area contributed by atoms with Crippen LogP contribution in [0, 0.1) is 5.92 Å². The SMILES string of the molecule is CC/C(=C(\c1ccc(O)cc1)c1ccc(N2CCC(CN3CCN(c4ccc5c(c4)CN(C4(C)CCC(=O)NC4=O)C5=O)CC3)CC2)cc1)c1ccccc1. The number of fused-ring (bicyclic) bond motifs is 1. The van der Waals surface area contributed by atoms with E-state index in [1.54, 1.807) is 24.0 Å². The Morgan fingerprint density at radius 1 is 0.764 bits per heavy atom. The lowest BCUT2D eigenvalue weighted by Crippen LogP contribution is -2.61. The van der Waals surface area contributed by atoms with Gasteiger partial charge in [0.15, 0.2) is 0 Å². The number of amides is 3. The highest BCUT2D eigenvalue weighted by molar-refractivity contribution is 6.07. The second kappa shape index (κ2) is 15.4. The van der Waals surface area contributed by atoms with E-state index < -0.39 is 5.54 Å². The molecule has 284 valence electrons. The number of allylic oxidation sites excluding steroid dienone is 1. The Hall–Kier alpha value is -5.41. The summed E-state index contributed by atoms with van der Waals surface area (Å²) in [6.45, 7) is 11.5. The molecule has 9 heteroatoms. The summed E-state index contributed by atoms with van der Waals surface area (Å²) < 4.78 is 0. The summed E-state index contributed by atoms with van der Waals surface area (Å²) >= 11 is 0. The number of piperazine rings is 1. The number of nitrogens with zero attached hydrogens (tertiary/aromatic N) is 4. The predicted octanol–water partition coefficient (Wildman–Crippen LogP) is 6.95. The number of carbonyl (C=O) groups excluding carboxylic acids is 3. The normalized spacial score (nSPS) is 21.4. The number of benzene rings is 4. The van der Waals surface area contributed by atoms with Gasteiger partial charge < -0.3 is 19.8 Å². The molecule has 0 saturated carbocycles. The molecule has 3 amide bonds. The number of piperidine rings is 2. The molecular weight excluding hydrogens is 687 g/mol. The summed E-state index contributed by atoms with van der Waals surface area (Å²) in [7, 11) is 0. The summed E-state index contributed by atoms with van der Waals surface area (Å²) in [6, 6.07) is 33.3. The zero-order chi connectivity index (χ0) is 38.1. The molecule has 1 unspecified atom stereocenters. The first-order valence-electron chi connectivity index (χ1n) is 19.9. The van der Waals surface area contributed by atoms with Gasteiger partial charge in [-0.15, -0.1) is 0 Å². The number of imide groups is 1. The van der Waals surface area contributed by atoms with Crippen molar-refractivity contribution in [2.24, 2.45) is 5.92 Å². The van der Waals surface area contributed by atoms with E-state index in [2.05, 4.69) is 87.6 Å². The summed E-state index contributed by atoms with van der Waals surface area (Å²) in [5, 5.41) is 12.4. The fourth-order valence-corrected chi connectivity index (χ4v) is 9.03. The standard InChI is InChI=1S/C46H51N5O4/c1-3-40(33-7-5-4-6-8-33)43(35-11-16-39(52)17-12-35)34-9-13-37(14-10-34)49-23-20-32(21-24-49)30-48-25-27-50(28-26-48)38-15-18-41-36(29-38)31-51(44(41)54)46(2)22-19-42(53)47-45(46)55/h4-18,29,32,52H,3,19-28,30-31H2,1-2H3,(H,47,53,55)/b43-40+. The van der Waals surface area contributed by atoms with Crippen LogP contribution >= 0.6 is 0 Å². The van der Waals surface area contributed by atoms with E-state index in [0.717, 1.165) is 69.0 Å². The largest absolute Gasteiger partial charge is 0.508 e. The maximum atomic E-state index is 13.4. The van der Waals surface area contributed by atoms with E-state index in [-0.39, 0.29) is 29.9 Å². The van der Waals surface area contributed by atoms with Crippen molar-refractivity contribution in [3.05, 3.63) is 125 Å². The van der Waals surface area contributed by atoms with Crippen LogP contribution in [0.4, 0.5) is 11.4 Å². The topological polar surface area (TPSA) is 96.4 Å². The Labute approximate surface area is 324 Å². The van der Waals surface area contributed by atoms with Crippen molar-refractivity contribution < 1.29 is 19.5 Å². The second-order valence-corrected chi connectivity index (χ2v) is 15.8. The Morgan fingerprint density at radius 3 is 2.05 bits per heavy atom. The van der Waals surface area contributed by atoms with Gasteiger partial charge >= 0.3 is 0 Å². The molecule has 4 heterocycles. The monoisotopic (exact) mass is 737 g/mol. The molecule has 3 fully saturated rings. The lowest BCUT2D eigenvalue weighted by molar-refractivity contribution is -0.142. The molecular formula is C46H51N5O4. The molecule has 8 rings (SSSR count). The van der Waals surface area contributed by atoms with Crippen LogP contribution in [0.2, 0.25) is 0 Å². The minimum absolute atomic E-state index is 0.136. The molecule has 55 heavy (non-hydrogen) atoms. The van der Waals surface area contributed by atoms with E-state index in [4.69, 9.17) is 0 Å². The molecule has 9 nitrogen and oxygen atoms in total. The van der Waals surface area contributed by atoms with Crippen molar-refractivity contribution in [1.29, 1.82) is 0 Å². The molecule has 0 bridgehead atoms. The Kier molecular flexibility index (Phi) is 10.2. The number of phenolic OH excluding ortho intramolecular Hbond substituents is 1. The fourth-order valence-electron chi connectivity index (χ4n) is 9.03. The molecule has 0 spiro atoms. The van der Waals surface area contributed by atoms with Crippen molar-refractivity contribution in [2.75, 3.05) is 55.6 Å². The quantitative estimate of drug-likeness (QED) is 0.142. The van der Waals surface area contributed by atoms with Gasteiger partial charge in [-0.2, -0.15) is 0 Å². The molecule has 2 N–H and O–H groups in total. The third kappa shape index (κ3) is 7.37. The van der Waals surface area contributed by atoms with Gasteiger partial charge in [0.05, 0.1) is 0 Å².